The van der Waals surface area contributed by atoms with Gasteiger partial charge in [-0.2, -0.15) is 0 Å². The maximum Gasteiger partial charge on any atom is 0.251 e. The molecule has 1 unspecified atom stereocenters. The van der Waals surface area contributed by atoms with Gasteiger partial charge in [-0.05, 0) is 63.0 Å². The molecule has 7 heteroatoms. The van der Waals surface area contributed by atoms with Gasteiger partial charge in [0.2, 0.25) is 5.91 Å². The van der Waals surface area contributed by atoms with Crippen LogP contribution in [0.1, 0.15) is 28.9 Å². The van der Waals surface area contributed by atoms with Crippen molar-refractivity contribution < 1.29 is 18.7 Å². The Bertz CT molecular complexity index is 794. The molecule has 0 fully saturated rings. The number of hydrogen-bond donors (Lipinski definition) is 2. The SMILES string of the molecule is CCOc1ccc(C(=O)NCC(=O)NCC(c2cccc(F)c2)N(C)C)cc1. The minimum absolute atomic E-state index is 0.144. The van der Waals surface area contributed by atoms with Crippen LogP contribution in [0.2, 0.25) is 0 Å². The van der Waals surface area contributed by atoms with Crippen molar-refractivity contribution in [3.8, 4) is 5.75 Å². The van der Waals surface area contributed by atoms with E-state index in [9.17, 15) is 14.0 Å². The van der Waals surface area contributed by atoms with Crippen molar-refractivity contribution >= 4 is 11.8 Å². The molecule has 0 aliphatic rings. The summed E-state index contributed by atoms with van der Waals surface area (Å²) >= 11 is 0. The van der Waals surface area contributed by atoms with Gasteiger partial charge in [0.25, 0.3) is 5.91 Å². The van der Waals surface area contributed by atoms with Gasteiger partial charge < -0.3 is 20.3 Å². The number of benzene rings is 2. The second-order valence-electron chi connectivity index (χ2n) is 6.48. The summed E-state index contributed by atoms with van der Waals surface area (Å²) in [6.07, 6.45) is 0. The van der Waals surface area contributed by atoms with Crippen LogP contribution in [0.25, 0.3) is 0 Å². The lowest BCUT2D eigenvalue weighted by molar-refractivity contribution is -0.120. The fourth-order valence-corrected chi connectivity index (χ4v) is 2.72. The van der Waals surface area contributed by atoms with Gasteiger partial charge in [-0.3, -0.25) is 9.59 Å². The summed E-state index contributed by atoms with van der Waals surface area (Å²) in [5.41, 5.74) is 1.21. The minimum atomic E-state index is -0.340. The molecule has 0 radical (unpaired) electrons. The van der Waals surface area contributed by atoms with Gasteiger partial charge in [0.15, 0.2) is 0 Å². The third-order valence-corrected chi connectivity index (χ3v) is 4.19. The molecule has 0 aromatic heterocycles. The minimum Gasteiger partial charge on any atom is -0.494 e. The zero-order valence-corrected chi connectivity index (χ0v) is 16.4. The molecule has 0 saturated carbocycles. The largest absolute Gasteiger partial charge is 0.494 e. The first-order valence-corrected chi connectivity index (χ1v) is 9.10. The molecular formula is C21H26FN3O3. The lowest BCUT2D eigenvalue weighted by Gasteiger charge is -2.25. The molecule has 2 rings (SSSR count). The third-order valence-electron chi connectivity index (χ3n) is 4.19. The van der Waals surface area contributed by atoms with Crippen LogP contribution in [0.3, 0.4) is 0 Å². The van der Waals surface area contributed by atoms with E-state index in [1.54, 1.807) is 30.3 Å². The number of nitrogens with one attached hydrogen (secondary N) is 2. The van der Waals surface area contributed by atoms with Crippen LogP contribution in [0.5, 0.6) is 5.75 Å². The molecule has 0 bridgehead atoms. The summed E-state index contributed by atoms with van der Waals surface area (Å²) < 4.78 is 18.8. The monoisotopic (exact) mass is 387 g/mol. The Morgan fingerprint density at radius 1 is 1.11 bits per heavy atom. The van der Waals surface area contributed by atoms with Crippen LogP contribution >= 0.6 is 0 Å². The first-order chi connectivity index (χ1) is 13.4. The zero-order chi connectivity index (χ0) is 20.5. The maximum absolute atomic E-state index is 13.5. The van der Waals surface area contributed by atoms with Gasteiger partial charge in [-0.25, -0.2) is 4.39 Å². The van der Waals surface area contributed by atoms with Gasteiger partial charge in [-0.1, -0.05) is 12.1 Å². The van der Waals surface area contributed by atoms with Crippen molar-refractivity contribution in [1.82, 2.24) is 15.5 Å². The van der Waals surface area contributed by atoms with Gasteiger partial charge in [0, 0.05) is 12.1 Å². The second-order valence-corrected chi connectivity index (χ2v) is 6.48. The lowest BCUT2D eigenvalue weighted by atomic mass is 10.1. The molecule has 2 N–H and O–H groups in total. The topological polar surface area (TPSA) is 70.7 Å². The van der Waals surface area contributed by atoms with E-state index >= 15 is 0 Å². The first kappa shape index (κ1) is 21.4. The highest BCUT2D eigenvalue weighted by Gasteiger charge is 2.16. The molecule has 0 saturated heterocycles. The molecular weight excluding hydrogens is 361 g/mol. The van der Waals surface area contributed by atoms with Gasteiger partial charge in [0.1, 0.15) is 11.6 Å². The quantitative estimate of drug-likeness (QED) is 0.693. The molecule has 0 aliphatic carbocycles. The van der Waals surface area contributed by atoms with Crippen LogP contribution in [-0.2, 0) is 4.79 Å². The number of nitrogens with zero attached hydrogens (tertiary/aromatic N) is 1. The van der Waals surface area contributed by atoms with Crippen molar-refractivity contribution in [3.05, 3.63) is 65.5 Å². The van der Waals surface area contributed by atoms with E-state index in [-0.39, 0.29) is 30.2 Å². The Morgan fingerprint density at radius 2 is 1.82 bits per heavy atom. The van der Waals surface area contributed by atoms with Crippen molar-refractivity contribution in [3.63, 3.8) is 0 Å². The van der Waals surface area contributed by atoms with E-state index in [0.29, 0.717) is 24.5 Å². The number of likely N-dealkylation sites (N-methyl/N-ethyl adjacent to an activating group) is 1. The average molecular weight is 387 g/mol. The van der Waals surface area contributed by atoms with Gasteiger partial charge in [0.05, 0.1) is 19.2 Å². The Kier molecular flexibility index (Phi) is 7.95. The zero-order valence-electron chi connectivity index (χ0n) is 16.4. The highest BCUT2D eigenvalue weighted by Crippen LogP contribution is 2.18. The number of halogens is 1. The van der Waals surface area contributed by atoms with E-state index in [1.807, 2.05) is 32.0 Å². The standard InChI is InChI=1S/C21H26FN3O3/c1-4-28-18-10-8-15(9-11-18)21(27)24-14-20(26)23-13-19(25(2)3)16-6-5-7-17(22)12-16/h5-12,19H,4,13-14H2,1-3H3,(H,23,26)(H,24,27). The van der Waals surface area contributed by atoms with E-state index in [1.165, 1.54) is 12.1 Å². The van der Waals surface area contributed by atoms with Crippen LogP contribution in [0.4, 0.5) is 4.39 Å². The number of ether oxygens (including phenoxy) is 1. The summed E-state index contributed by atoms with van der Waals surface area (Å²) in [7, 11) is 3.71. The average Bonchev–Trinajstić information content (AvgIpc) is 2.67. The maximum atomic E-state index is 13.5. The summed E-state index contributed by atoms with van der Waals surface area (Å²) in [5.74, 6) is -0.294. The molecule has 6 nitrogen and oxygen atoms in total. The van der Waals surface area contributed by atoms with Crippen LogP contribution in [-0.4, -0.2) is 50.5 Å². The number of carbonyl (C=O) groups excluding carboxylic acids is 2. The molecule has 0 aliphatic heterocycles. The smallest absolute Gasteiger partial charge is 0.251 e. The van der Waals surface area contributed by atoms with Crippen molar-refractivity contribution in [2.45, 2.75) is 13.0 Å². The number of carbonyl (C=O) groups is 2. The molecule has 2 aromatic carbocycles. The van der Waals surface area contributed by atoms with E-state index < -0.39 is 0 Å². The van der Waals surface area contributed by atoms with E-state index in [4.69, 9.17) is 4.74 Å². The third kappa shape index (κ3) is 6.35. The fraction of sp³-hybridized carbons (Fsp3) is 0.333. The number of amides is 2. The molecule has 0 heterocycles. The highest BCUT2D eigenvalue weighted by molar-refractivity contribution is 5.96. The van der Waals surface area contributed by atoms with Crippen molar-refractivity contribution in [1.29, 1.82) is 0 Å². The number of hydrogen-bond acceptors (Lipinski definition) is 4. The van der Waals surface area contributed by atoms with Crippen molar-refractivity contribution in [2.24, 2.45) is 0 Å². The molecule has 150 valence electrons. The molecule has 1 atom stereocenters. The summed E-state index contributed by atoms with van der Waals surface area (Å²) in [5, 5.41) is 5.36. The predicted molar refractivity (Wildman–Crippen MR) is 106 cm³/mol. The lowest BCUT2D eigenvalue weighted by Crippen LogP contribution is -2.40. The number of rotatable bonds is 9. The Hall–Kier alpha value is -2.93. The molecule has 2 aromatic rings. The van der Waals surface area contributed by atoms with Gasteiger partial charge >= 0.3 is 0 Å². The Morgan fingerprint density at radius 3 is 2.43 bits per heavy atom. The summed E-state index contributed by atoms with van der Waals surface area (Å²) in [6, 6.07) is 12.8. The van der Waals surface area contributed by atoms with E-state index in [2.05, 4.69) is 10.6 Å². The normalized spacial score (nSPS) is 11.8. The van der Waals surface area contributed by atoms with Crippen LogP contribution in [0, 0.1) is 5.82 Å². The molecule has 2 amide bonds. The van der Waals surface area contributed by atoms with Gasteiger partial charge in [-0.15, -0.1) is 0 Å². The van der Waals surface area contributed by atoms with Crippen LogP contribution < -0.4 is 15.4 Å². The Labute approximate surface area is 164 Å². The summed E-state index contributed by atoms with van der Waals surface area (Å²) in [6.45, 7) is 2.59. The predicted octanol–water partition coefficient (Wildman–Crippen LogP) is 2.37. The molecule has 28 heavy (non-hydrogen) atoms. The second kappa shape index (κ2) is 10.4. The van der Waals surface area contributed by atoms with Crippen LogP contribution in [0.15, 0.2) is 48.5 Å². The Balaban J connectivity index is 1.84. The first-order valence-electron chi connectivity index (χ1n) is 9.10. The molecule has 0 spiro atoms. The van der Waals surface area contributed by atoms with Crippen molar-refractivity contribution in [2.75, 3.05) is 33.8 Å². The fourth-order valence-electron chi connectivity index (χ4n) is 2.72. The highest BCUT2D eigenvalue weighted by atomic mass is 19.1. The summed E-state index contributed by atoms with van der Waals surface area (Å²) in [4.78, 5) is 26.1. The van der Waals surface area contributed by atoms with E-state index in [0.717, 1.165) is 5.56 Å².